The van der Waals surface area contributed by atoms with Gasteiger partial charge < -0.3 is 15.0 Å². The Hall–Kier alpha value is -1.01. The number of piperazine rings is 1. The van der Waals surface area contributed by atoms with E-state index < -0.39 is 0 Å². The SMILES string of the molecule is CCOc1c(Cl)cccc1CN1CCCC(C(=O)N2CCNCC2)C1.Cl. The Bertz CT molecular complexity index is 594. The molecule has 146 valence electrons. The van der Waals surface area contributed by atoms with Crippen molar-refractivity contribution in [3.8, 4) is 5.75 Å². The molecule has 7 heteroatoms. The molecule has 1 N–H and O–H groups in total. The lowest BCUT2D eigenvalue weighted by atomic mass is 9.95. The Kier molecular flexibility index (Phi) is 8.48. The number of amides is 1. The number of benzene rings is 1. The van der Waals surface area contributed by atoms with Crippen LogP contribution in [0.3, 0.4) is 0 Å². The smallest absolute Gasteiger partial charge is 0.227 e. The van der Waals surface area contributed by atoms with Crippen LogP contribution in [0.15, 0.2) is 18.2 Å². The molecule has 1 amide bonds. The number of likely N-dealkylation sites (tertiary alicyclic amines) is 1. The number of piperidine rings is 1. The predicted octanol–water partition coefficient (Wildman–Crippen LogP) is 2.80. The maximum Gasteiger partial charge on any atom is 0.227 e. The Morgan fingerprint density at radius 2 is 2.08 bits per heavy atom. The van der Waals surface area contributed by atoms with E-state index in [0.717, 1.165) is 70.0 Å². The number of hydrogen-bond acceptors (Lipinski definition) is 4. The van der Waals surface area contributed by atoms with E-state index >= 15 is 0 Å². The lowest BCUT2D eigenvalue weighted by molar-refractivity contribution is -0.138. The molecule has 0 saturated carbocycles. The van der Waals surface area contributed by atoms with E-state index in [-0.39, 0.29) is 18.3 Å². The highest BCUT2D eigenvalue weighted by Crippen LogP contribution is 2.31. The summed E-state index contributed by atoms with van der Waals surface area (Å²) >= 11 is 6.30. The highest BCUT2D eigenvalue weighted by atomic mass is 35.5. The van der Waals surface area contributed by atoms with Gasteiger partial charge in [0.05, 0.1) is 17.5 Å². The molecular weight excluding hydrogens is 373 g/mol. The Labute approximate surface area is 167 Å². The molecule has 0 bridgehead atoms. The third-order valence-electron chi connectivity index (χ3n) is 5.01. The van der Waals surface area contributed by atoms with E-state index in [1.807, 2.05) is 24.0 Å². The number of carbonyl (C=O) groups is 1. The van der Waals surface area contributed by atoms with Crippen molar-refractivity contribution >= 4 is 29.9 Å². The third kappa shape index (κ3) is 5.26. The van der Waals surface area contributed by atoms with Crippen LogP contribution in [0.2, 0.25) is 5.02 Å². The summed E-state index contributed by atoms with van der Waals surface area (Å²) in [5, 5.41) is 3.96. The quantitative estimate of drug-likeness (QED) is 0.823. The van der Waals surface area contributed by atoms with Crippen molar-refractivity contribution < 1.29 is 9.53 Å². The van der Waals surface area contributed by atoms with Crippen molar-refractivity contribution in [2.45, 2.75) is 26.3 Å². The normalized spacial score (nSPS) is 21.2. The molecule has 0 aromatic heterocycles. The fraction of sp³-hybridized carbons (Fsp3) is 0.632. The Balaban J connectivity index is 0.00000243. The van der Waals surface area contributed by atoms with E-state index in [9.17, 15) is 4.79 Å². The molecule has 1 atom stereocenters. The van der Waals surface area contributed by atoms with Gasteiger partial charge >= 0.3 is 0 Å². The first-order chi connectivity index (χ1) is 12.2. The van der Waals surface area contributed by atoms with Gasteiger partial charge in [0.15, 0.2) is 0 Å². The molecule has 0 aliphatic carbocycles. The standard InChI is InChI=1S/C19H28ClN3O2.ClH/c1-2-25-18-15(5-3-7-17(18)20)13-22-10-4-6-16(14-22)19(24)23-11-8-21-9-12-23;/h3,5,7,16,21H,2,4,6,8-14H2,1H3;1H. The lowest BCUT2D eigenvalue weighted by Crippen LogP contribution is -2.51. The van der Waals surface area contributed by atoms with Crippen LogP contribution in [0, 0.1) is 5.92 Å². The van der Waals surface area contributed by atoms with E-state index in [4.69, 9.17) is 16.3 Å². The predicted molar refractivity (Wildman–Crippen MR) is 107 cm³/mol. The van der Waals surface area contributed by atoms with Crippen molar-refractivity contribution in [2.24, 2.45) is 5.92 Å². The number of hydrogen-bond donors (Lipinski definition) is 1. The van der Waals surface area contributed by atoms with Gasteiger partial charge in [0.2, 0.25) is 5.91 Å². The first kappa shape index (κ1) is 21.3. The minimum absolute atomic E-state index is 0. The molecule has 2 aliphatic rings. The molecule has 2 fully saturated rings. The second-order valence-electron chi connectivity index (χ2n) is 6.81. The van der Waals surface area contributed by atoms with Crippen LogP contribution in [0.25, 0.3) is 0 Å². The maximum absolute atomic E-state index is 12.8. The van der Waals surface area contributed by atoms with Gasteiger partial charge in [-0.2, -0.15) is 0 Å². The molecule has 0 radical (unpaired) electrons. The molecule has 26 heavy (non-hydrogen) atoms. The largest absolute Gasteiger partial charge is 0.492 e. The van der Waals surface area contributed by atoms with E-state index in [1.54, 1.807) is 0 Å². The molecule has 2 saturated heterocycles. The number of halogens is 2. The topological polar surface area (TPSA) is 44.8 Å². The zero-order chi connectivity index (χ0) is 17.6. The summed E-state index contributed by atoms with van der Waals surface area (Å²) in [6, 6.07) is 5.90. The number of ether oxygens (including phenoxy) is 1. The minimum Gasteiger partial charge on any atom is -0.492 e. The van der Waals surface area contributed by atoms with Gasteiger partial charge in [-0.05, 0) is 32.4 Å². The van der Waals surface area contributed by atoms with Crippen molar-refractivity contribution in [2.75, 3.05) is 45.9 Å². The molecule has 2 heterocycles. The van der Waals surface area contributed by atoms with Gasteiger partial charge in [-0.3, -0.25) is 9.69 Å². The highest BCUT2D eigenvalue weighted by Gasteiger charge is 2.30. The second kappa shape index (κ2) is 10.4. The molecule has 3 rings (SSSR count). The van der Waals surface area contributed by atoms with Crippen LogP contribution in [-0.2, 0) is 11.3 Å². The van der Waals surface area contributed by atoms with Gasteiger partial charge in [-0.25, -0.2) is 0 Å². The fourth-order valence-corrected chi connectivity index (χ4v) is 4.02. The fourth-order valence-electron chi connectivity index (χ4n) is 3.77. The average molecular weight is 402 g/mol. The van der Waals surface area contributed by atoms with E-state index in [1.165, 1.54) is 0 Å². The lowest BCUT2D eigenvalue weighted by Gasteiger charge is -2.36. The Morgan fingerprint density at radius 3 is 2.81 bits per heavy atom. The van der Waals surface area contributed by atoms with Crippen LogP contribution < -0.4 is 10.1 Å². The van der Waals surface area contributed by atoms with Gasteiger partial charge in [-0.15, -0.1) is 12.4 Å². The number of nitrogens with zero attached hydrogens (tertiary/aromatic N) is 2. The molecule has 5 nitrogen and oxygen atoms in total. The highest BCUT2D eigenvalue weighted by molar-refractivity contribution is 6.32. The van der Waals surface area contributed by atoms with Crippen LogP contribution in [0.5, 0.6) is 5.75 Å². The number of nitrogens with one attached hydrogen (secondary N) is 1. The van der Waals surface area contributed by atoms with Crippen LogP contribution in [-0.4, -0.2) is 61.6 Å². The molecule has 1 aromatic rings. The third-order valence-corrected chi connectivity index (χ3v) is 5.31. The molecule has 1 aromatic carbocycles. The zero-order valence-electron chi connectivity index (χ0n) is 15.4. The van der Waals surface area contributed by atoms with E-state index in [0.29, 0.717) is 17.5 Å². The molecule has 0 spiro atoms. The van der Waals surface area contributed by atoms with Crippen molar-refractivity contribution in [3.63, 3.8) is 0 Å². The summed E-state index contributed by atoms with van der Waals surface area (Å²) in [5.41, 5.74) is 1.10. The zero-order valence-corrected chi connectivity index (χ0v) is 17.0. The van der Waals surface area contributed by atoms with Gasteiger partial charge in [0.25, 0.3) is 0 Å². The van der Waals surface area contributed by atoms with Crippen molar-refractivity contribution in [1.82, 2.24) is 15.1 Å². The van der Waals surface area contributed by atoms with E-state index in [2.05, 4.69) is 16.3 Å². The molecule has 1 unspecified atom stereocenters. The maximum atomic E-state index is 12.8. The summed E-state index contributed by atoms with van der Waals surface area (Å²) in [5.74, 6) is 1.21. The summed E-state index contributed by atoms with van der Waals surface area (Å²) in [6.07, 6.45) is 2.06. The molecular formula is C19H29Cl2N3O2. The monoisotopic (exact) mass is 401 g/mol. The minimum atomic E-state index is 0. The summed E-state index contributed by atoms with van der Waals surface area (Å²) < 4.78 is 5.74. The summed E-state index contributed by atoms with van der Waals surface area (Å²) in [4.78, 5) is 17.2. The van der Waals surface area contributed by atoms with Gasteiger partial charge in [-0.1, -0.05) is 23.7 Å². The van der Waals surface area contributed by atoms with Crippen LogP contribution >= 0.6 is 24.0 Å². The number of rotatable bonds is 5. The van der Waals surface area contributed by atoms with Gasteiger partial charge in [0.1, 0.15) is 5.75 Å². The number of para-hydroxylation sites is 1. The Morgan fingerprint density at radius 1 is 1.31 bits per heavy atom. The summed E-state index contributed by atoms with van der Waals surface area (Å²) in [7, 11) is 0. The van der Waals surface area contributed by atoms with Crippen molar-refractivity contribution in [1.29, 1.82) is 0 Å². The van der Waals surface area contributed by atoms with Crippen molar-refractivity contribution in [3.05, 3.63) is 28.8 Å². The van der Waals surface area contributed by atoms with Crippen LogP contribution in [0.4, 0.5) is 0 Å². The van der Waals surface area contributed by atoms with Crippen LogP contribution in [0.1, 0.15) is 25.3 Å². The summed E-state index contributed by atoms with van der Waals surface area (Å²) in [6.45, 7) is 8.66. The average Bonchev–Trinajstić information content (AvgIpc) is 2.65. The second-order valence-corrected chi connectivity index (χ2v) is 7.22. The first-order valence-corrected chi connectivity index (χ1v) is 9.69. The van der Waals surface area contributed by atoms with Gasteiger partial charge in [0, 0.05) is 44.8 Å². The number of carbonyl (C=O) groups excluding carboxylic acids is 1. The first-order valence-electron chi connectivity index (χ1n) is 9.31. The molecule has 2 aliphatic heterocycles.